The van der Waals surface area contributed by atoms with Crippen LogP contribution in [-0.4, -0.2) is 35.8 Å². The summed E-state index contributed by atoms with van der Waals surface area (Å²) in [7, 11) is 0. The summed E-state index contributed by atoms with van der Waals surface area (Å²) in [6, 6.07) is -0.281. The molecule has 0 bridgehead atoms. The fourth-order valence-electron chi connectivity index (χ4n) is 1.56. The first kappa shape index (κ1) is 12.3. The van der Waals surface area contributed by atoms with E-state index in [2.05, 4.69) is 12.2 Å². The van der Waals surface area contributed by atoms with Crippen LogP contribution in [0.2, 0.25) is 0 Å². The van der Waals surface area contributed by atoms with E-state index in [4.69, 9.17) is 11.6 Å². The first-order valence-electron chi connectivity index (χ1n) is 5.28. The van der Waals surface area contributed by atoms with Gasteiger partial charge in [0.05, 0.1) is 0 Å². The molecule has 5 heteroatoms. The minimum atomic E-state index is -0.298. The van der Waals surface area contributed by atoms with Crippen LogP contribution < -0.4 is 5.32 Å². The third kappa shape index (κ3) is 4.08. The van der Waals surface area contributed by atoms with E-state index < -0.39 is 0 Å². The molecular weight excluding hydrogens is 216 g/mol. The number of likely N-dealkylation sites (tertiary alicyclic amines) is 1. The molecule has 1 aliphatic rings. The molecule has 0 aliphatic carbocycles. The summed E-state index contributed by atoms with van der Waals surface area (Å²) >= 11 is 5.40. The number of carbonyl (C=O) groups excluding carboxylic acids is 2. The Morgan fingerprint density at radius 3 is 2.53 bits per heavy atom. The van der Waals surface area contributed by atoms with Gasteiger partial charge in [-0.05, 0) is 18.8 Å². The minimum absolute atomic E-state index is 0.192. The van der Waals surface area contributed by atoms with Gasteiger partial charge in [-0.25, -0.2) is 4.79 Å². The van der Waals surface area contributed by atoms with Crippen LogP contribution >= 0.6 is 11.6 Å². The van der Waals surface area contributed by atoms with Crippen LogP contribution in [0.4, 0.5) is 4.79 Å². The average Bonchev–Trinajstić information content (AvgIpc) is 2.18. The van der Waals surface area contributed by atoms with Gasteiger partial charge in [0.15, 0.2) is 0 Å². The van der Waals surface area contributed by atoms with Crippen LogP contribution in [0.3, 0.4) is 0 Å². The van der Waals surface area contributed by atoms with Crippen LogP contribution in [0.5, 0.6) is 0 Å². The molecule has 0 radical (unpaired) electrons. The maximum absolute atomic E-state index is 11.5. The first-order chi connectivity index (χ1) is 7.13. The highest BCUT2D eigenvalue weighted by molar-refractivity contribution is 6.19. The van der Waals surface area contributed by atoms with Crippen molar-refractivity contribution in [3.63, 3.8) is 0 Å². The molecule has 0 atom stereocenters. The highest BCUT2D eigenvalue weighted by Gasteiger charge is 2.21. The SMILES string of the molecule is CC1CCN(C(=O)NC(=O)CCCl)CC1. The molecule has 0 spiro atoms. The molecule has 0 saturated carbocycles. The Morgan fingerprint density at radius 2 is 2.00 bits per heavy atom. The fraction of sp³-hybridized carbons (Fsp3) is 0.800. The molecule has 1 rings (SSSR count). The molecule has 1 fully saturated rings. The van der Waals surface area contributed by atoms with Crippen molar-refractivity contribution < 1.29 is 9.59 Å². The molecule has 0 aromatic rings. The zero-order valence-corrected chi connectivity index (χ0v) is 9.72. The maximum Gasteiger partial charge on any atom is 0.324 e. The van der Waals surface area contributed by atoms with E-state index in [9.17, 15) is 9.59 Å². The van der Waals surface area contributed by atoms with Crippen LogP contribution in [0.25, 0.3) is 0 Å². The molecule has 15 heavy (non-hydrogen) atoms. The lowest BCUT2D eigenvalue weighted by Crippen LogP contribution is -2.46. The number of hydrogen-bond donors (Lipinski definition) is 1. The lowest BCUT2D eigenvalue weighted by Gasteiger charge is -2.29. The predicted molar refractivity (Wildman–Crippen MR) is 58.8 cm³/mol. The van der Waals surface area contributed by atoms with Gasteiger partial charge in [0.25, 0.3) is 0 Å². The van der Waals surface area contributed by atoms with Crippen LogP contribution in [0.1, 0.15) is 26.2 Å². The number of carbonyl (C=O) groups is 2. The second kappa shape index (κ2) is 5.95. The number of halogens is 1. The van der Waals surface area contributed by atoms with E-state index in [0.29, 0.717) is 5.92 Å². The molecule has 1 heterocycles. The highest BCUT2D eigenvalue weighted by Crippen LogP contribution is 2.15. The Labute approximate surface area is 95.0 Å². The number of nitrogens with one attached hydrogen (secondary N) is 1. The van der Waals surface area contributed by atoms with Crippen LogP contribution in [-0.2, 0) is 4.79 Å². The zero-order valence-electron chi connectivity index (χ0n) is 8.96. The summed E-state index contributed by atoms with van der Waals surface area (Å²) in [6.07, 6.45) is 2.21. The van der Waals surface area contributed by atoms with Gasteiger partial charge in [0, 0.05) is 25.4 Å². The molecule has 1 saturated heterocycles. The standard InChI is InChI=1S/C10H17ClN2O2/c1-8-3-6-13(7-4-8)10(15)12-9(14)2-5-11/h8H,2-7H2,1H3,(H,12,14,15). The number of piperidine rings is 1. The van der Waals surface area contributed by atoms with Gasteiger partial charge in [0.2, 0.25) is 5.91 Å². The second-order valence-corrected chi connectivity index (χ2v) is 4.34. The summed E-state index contributed by atoms with van der Waals surface area (Å²) in [5.74, 6) is 0.622. The Morgan fingerprint density at radius 1 is 1.40 bits per heavy atom. The number of hydrogen-bond acceptors (Lipinski definition) is 2. The summed E-state index contributed by atoms with van der Waals surface area (Å²) in [6.45, 7) is 3.65. The number of rotatable bonds is 2. The molecule has 86 valence electrons. The van der Waals surface area contributed by atoms with Crippen molar-refractivity contribution in [2.45, 2.75) is 26.2 Å². The molecule has 3 amide bonds. The van der Waals surface area contributed by atoms with E-state index in [1.165, 1.54) is 0 Å². The van der Waals surface area contributed by atoms with Gasteiger partial charge < -0.3 is 4.90 Å². The molecule has 0 aromatic heterocycles. The fourth-order valence-corrected chi connectivity index (χ4v) is 1.73. The Balaban J connectivity index is 2.31. The number of amides is 3. The topological polar surface area (TPSA) is 49.4 Å². The van der Waals surface area contributed by atoms with Crippen molar-refractivity contribution in [2.75, 3.05) is 19.0 Å². The average molecular weight is 233 g/mol. The quantitative estimate of drug-likeness (QED) is 0.735. The van der Waals surface area contributed by atoms with Crippen molar-refractivity contribution in [1.29, 1.82) is 0 Å². The smallest absolute Gasteiger partial charge is 0.324 e. The number of urea groups is 1. The van der Waals surface area contributed by atoms with Crippen molar-refractivity contribution in [2.24, 2.45) is 5.92 Å². The van der Waals surface area contributed by atoms with Crippen molar-refractivity contribution in [3.8, 4) is 0 Å². The van der Waals surface area contributed by atoms with Crippen molar-refractivity contribution in [3.05, 3.63) is 0 Å². The largest absolute Gasteiger partial charge is 0.324 e. The van der Waals surface area contributed by atoms with E-state index in [0.717, 1.165) is 25.9 Å². The predicted octanol–water partition coefficient (Wildman–Crippen LogP) is 1.58. The third-order valence-corrected chi connectivity index (χ3v) is 2.83. The van der Waals surface area contributed by atoms with Crippen molar-refractivity contribution >= 4 is 23.5 Å². The summed E-state index contributed by atoms with van der Waals surface area (Å²) in [5, 5.41) is 2.33. The number of alkyl halides is 1. The van der Waals surface area contributed by atoms with Gasteiger partial charge in [0.1, 0.15) is 0 Å². The van der Waals surface area contributed by atoms with E-state index >= 15 is 0 Å². The van der Waals surface area contributed by atoms with Crippen LogP contribution in [0, 0.1) is 5.92 Å². The monoisotopic (exact) mass is 232 g/mol. The highest BCUT2D eigenvalue weighted by atomic mass is 35.5. The molecule has 0 unspecified atom stereocenters. The van der Waals surface area contributed by atoms with Gasteiger partial charge in [-0.2, -0.15) is 0 Å². The Bertz CT molecular complexity index is 238. The Hall–Kier alpha value is -0.770. The molecule has 4 nitrogen and oxygen atoms in total. The first-order valence-corrected chi connectivity index (χ1v) is 5.81. The molecular formula is C10H17ClN2O2. The molecule has 1 aliphatic heterocycles. The number of imide groups is 1. The van der Waals surface area contributed by atoms with Crippen molar-refractivity contribution in [1.82, 2.24) is 10.2 Å². The molecule has 1 N–H and O–H groups in total. The van der Waals surface area contributed by atoms with Gasteiger partial charge in [-0.15, -0.1) is 11.6 Å². The lowest BCUT2D eigenvalue weighted by molar-refractivity contribution is -0.119. The van der Waals surface area contributed by atoms with Crippen LogP contribution in [0.15, 0.2) is 0 Å². The maximum atomic E-state index is 11.5. The van der Waals surface area contributed by atoms with E-state index in [1.807, 2.05) is 0 Å². The molecule has 0 aromatic carbocycles. The minimum Gasteiger partial charge on any atom is -0.324 e. The Kier molecular flexibility index (Phi) is 4.88. The van der Waals surface area contributed by atoms with E-state index in [1.54, 1.807) is 4.90 Å². The number of nitrogens with zero attached hydrogens (tertiary/aromatic N) is 1. The normalized spacial score (nSPS) is 17.6. The van der Waals surface area contributed by atoms with E-state index in [-0.39, 0.29) is 24.2 Å². The zero-order chi connectivity index (χ0) is 11.3. The summed E-state index contributed by atoms with van der Waals surface area (Å²) in [4.78, 5) is 24.3. The van der Waals surface area contributed by atoms with Gasteiger partial charge >= 0.3 is 6.03 Å². The lowest BCUT2D eigenvalue weighted by atomic mass is 10.00. The van der Waals surface area contributed by atoms with Gasteiger partial charge in [-0.1, -0.05) is 6.92 Å². The third-order valence-electron chi connectivity index (χ3n) is 2.64. The van der Waals surface area contributed by atoms with Gasteiger partial charge in [-0.3, -0.25) is 10.1 Å². The summed E-state index contributed by atoms with van der Waals surface area (Å²) in [5.41, 5.74) is 0. The second-order valence-electron chi connectivity index (χ2n) is 3.96. The summed E-state index contributed by atoms with van der Waals surface area (Å²) < 4.78 is 0.